The molecular weight excluding hydrogens is 292 g/mol. The Bertz CT molecular complexity index is 718. The Kier molecular flexibility index (Phi) is 3.72. The number of rotatable bonds is 4. The lowest BCUT2D eigenvalue weighted by Gasteiger charge is -2.08. The summed E-state index contributed by atoms with van der Waals surface area (Å²) in [6.45, 7) is 4.75. The molecule has 1 atom stereocenters. The zero-order chi connectivity index (χ0) is 14.1. The minimum atomic E-state index is -0.139. The summed E-state index contributed by atoms with van der Waals surface area (Å²) in [7, 11) is 0. The monoisotopic (exact) mass is 306 g/mol. The molecule has 0 fully saturated rings. The normalized spacial score (nSPS) is 12.9. The molecule has 0 spiro atoms. The van der Waals surface area contributed by atoms with Gasteiger partial charge in [0.1, 0.15) is 11.3 Å². The summed E-state index contributed by atoms with van der Waals surface area (Å²) in [5.74, 6) is 0.870. The second kappa shape index (κ2) is 5.50. The van der Waals surface area contributed by atoms with E-state index in [1.54, 1.807) is 11.3 Å². The molecule has 3 rings (SSSR count). The van der Waals surface area contributed by atoms with Gasteiger partial charge >= 0.3 is 0 Å². The van der Waals surface area contributed by atoms with Gasteiger partial charge in [-0.25, -0.2) is 15.0 Å². The lowest BCUT2D eigenvalue weighted by atomic mass is 10.3. The number of halogens is 1. The van der Waals surface area contributed by atoms with E-state index in [-0.39, 0.29) is 5.38 Å². The molecular formula is C14H15ClN4S. The number of alkyl halides is 1. The predicted molar refractivity (Wildman–Crippen MR) is 82.4 cm³/mol. The molecule has 0 aliphatic heterocycles. The van der Waals surface area contributed by atoms with Gasteiger partial charge in [-0.1, -0.05) is 0 Å². The Labute approximate surface area is 126 Å². The topological polar surface area (TPSA) is 43.6 Å². The third-order valence-electron chi connectivity index (χ3n) is 3.18. The molecule has 1 unspecified atom stereocenters. The number of fused-ring (bicyclic) bond motifs is 1. The van der Waals surface area contributed by atoms with Crippen LogP contribution in [-0.2, 0) is 13.0 Å². The minimum Gasteiger partial charge on any atom is -0.311 e. The van der Waals surface area contributed by atoms with Crippen LogP contribution in [0.25, 0.3) is 11.2 Å². The highest BCUT2D eigenvalue weighted by atomic mass is 35.5. The van der Waals surface area contributed by atoms with Crippen molar-refractivity contribution >= 4 is 34.1 Å². The van der Waals surface area contributed by atoms with Crippen LogP contribution >= 0.6 is 22.9 Å². The van der Waals surface area contributed by atoms with Crippen LogP contribution in [0, 0.1) is 6.92 Å². The number of hydrogen-bond donors (Lipinski definition) is 0. The maximum Gasteiger partial charge on any atom is 0.160 e. The molecule has 4 nitrogen and oxygen atoms in total. The standard InChI is InChI=1S/C14H15ClN4S/c1-9-5-12-14(16-6-9)19(13(18-12)10(2)15)4-3-11-7-20-8-17-11/h5-8,10H,3-4H2,1-2H3. The van der Waals surface area contributed by atoms with E-state index in [2.05, 4.69) is 24.9 Å². The first-order chi connectivity index (χ1) is 9.65. The van der Waals surface area contributed by atoms with Crippen molar-refractivity contribution in [3.63, 3.8) is 0 Å². The second-order valence-corrected chi connectivity index (χ2v) is 6.20. The fourth-order valence-corrected chi connectivity index (χ4v) is 3.00. The zero-order valence-corrected chi connectivity index (χ0v) is 12.9. The number of aryl methyl sites for hydroxylation is 3. The fraction of sp³-hybridized carbons (Fsp3) is 0.357. The van der Waals surface area contributed by atoms with E-state index in [0.29, 0.717) is 0 Å². The summed E-state index contributed by atoms with van der Waals surface area (Å²) in [5, 5.41) is 1.93. The summed E-state index contributed by atoms with van der Waals surface area (Å²) in [6, 6.07) is 2.05. The molecule has 3 aromatic heterocycles. The van der Waals surface area contributed by atoms with Crippen molar-refractivity contribution < 1.29 is 0 Å². The van der Waals surface area contributed by atoms with Crippen molar-refractivity contribution in [1.29, 1.82) is 0 Å². The van der Waals surface area contributed by atoms with Gasteiger partial charge in [-0.15, -0.1) is 22.9 Å². The molecule has 0 radical (unpaired) electrons. The Morgan fingerprint density at radius 2 is 2.25 bits per heavy atom. The van der Waals surface area contributed by atoms with Gasteiger partial charge in [0.2, 0.25) is 0 Å². The SMILES string of the molecule is Cc1cnc2c(c1)nc(C(C)Cl)n2CCc1cscn1. The maximum atomic E-state index is 6.26. The minimum absolute atomic E-state index is 0.139. The van der Waals surface area contributed by atoms with Crippen molar-refractivity contribution in [1.82, 2.24) is 19.5 Å². The van der Waals surface area contributed by atoms with E-state index in [1.807, 2.05) is 31.6 Å². The van der Waals surface area contributed by atoms with Crippen molar-refractivity contribution in [2.24, 2.45) is 0 Å². The van der Waals surface area contributed by atoms with Crippen molar-refractivity contribution in [2.75, 3.05) is 0 Å². The van der Waals surface area contributed by atoms with Crippen LogP contribution in [0.2, 0.25) is 0 Å². The highest BCUT2D eigenvalue weighted by molar-refractivity contribution is 7.07. The largest absolute Gasteiger partial charge is 0.311 e. The maximum absolute atomic E-state index is 6.26. The molecule has 104 valence electrons. The highest BCUT2D eigenvalue weighted by Crippen LogP contribution is 2.24. The third-order valence-corrected chi connectivity index (χ3v) is 4.01. The van der Waals surface area contributed by atoms with Crippen LogP contribution < -0.4 is 0 Å². The van der Waals surface area contributed by atoms with E-state index in [4.69, 9.17) is 11.6 Å². The molecule has 0 aromatic carbocycles. The van der Waals surface area contributed by atoms with Crippen molar-refractivity contribution in [3.8, 4) is 0 Å². The molecule has 0 aliphatic rings. The summed E-state index contributed by atoms with van der Waals surface area (Å²) in [5.41, 5.74) is 5.86. The van der Waals surface area contributed by atoms with E-state index in [0.717, 1.165) is 41.2 Å². The van der Waals surface area contributed by atoms with E-state index in [9.17, 15) is 0 Å². The first-order valence-electron chi connectivity index (χ1n) is 6.49. The third kappa shape index (κ3) is 2.55. The molecule has 3 aromatic rings. The lowest BCUT2D eigenvalue weighted by Crippen LogP contribution is -2.07. The first-order valence-corrected chi connectivity index (χ1v) is 7.87. The van der Waals surface area contributed by atoms with Gasteiger partial charge in [0, 0.05) is 24.5 Å². The summed E-state index contributed by atoms with van der Waals surface area (Å²) in [6.07, 6.45) is 2.73. The molecule has 0 N–H and O–H groups in total. The Morgan fingerprint density at radius 1 is 1.40 bits per heavy atom. The Balaban J connectivity index is 2.00. The molecule has 0 aliphatic carbocycles. The number of imidazole rings is 1. The summed E-state index contributed by atoms with van der Waals surface area (Å²) < 4.78 is 2.10. The van der Waals surface area contributed by atoms with Gasteiger partial charge in [0.05, 0.1) is 16.6 Å². The van der Waals surface area contributed by atoms with Crippen LogP contribution in [0.1, 0.15) is 29.4 Å². The van der Waals surface area contributed by atoms with Gasteiger partial charge < -0.3 is 4.57 Å². The number of nitrogens with zero attached hydrogens (tertiary/aromatic N) is 4. The Hall–Kier alpha value is -1.46. The van der Waals surface area contributed by atoms with E-state index < -0.39 is 0 Å². The molecule has 0 amide bonds. The van der Waals surface area contributed by atoms with Crippen LogP contribution in [0.5, 0.6) is 0 Å². The van der Waals surface area contributed by atoms with Crippen LogP contribution in [-0.4, -0.2) is 19.5 Å². The molecule has 3 heterocycles. The fourth-order valence-electron chi connectivity index (χ4n) is 2.24. The summed E-state index contributed by atoms with van der Waals surface area (Å²) >= 11 is 7.87. The van der Waals surface area contributed by atoms with E-state index >= 15 is 0 Å². The number of thiazole rings is 1. The van der Waals surface area contributed by atoms with Gasteiger partial charge in [-0.3, -0.25) is 0 Å². The van der Waals surface area contributed by atoms with Crippen LogP contribution in [0.15, 0.2) is 23.2 Å². The molecule has 6 heteroatoms. The van der Waals surface area contributed by atoms with Gasteiger partial charge in [0.25, 0.3) is 0 Å². The molecule has 0 saturated heterocycles. The average molecular weight is 307 g/mol. The van der Waals surface area contributed by atoms with Crippen LogP contribution in [0.4, 0.5) is 0 Å². The Morgan fingerprint density at radius 3 is 2.95 bits per heavy atom. The van der Waals surface area contributed by atoms with Gasteiger partial charge in [-0.2, -0.15) is 0 Å². The molecule has 0 saturated carbocycles. The number of pyridine rings is 1. The first kappa shape index (κ1) is 13.5. The zero-order valence-electron chi connectivity index (χ0n) is 11.4. The molecule has 0 bridgehead atoms. The quantitative estimate of drug-likeness (QED) is 0.690. The van der Waals surface area contributed by atoms with Crippen molar-refractivity contribution in [2.45, 2.75) is 32.2 Å². The predicted octanol–water partition coefficient (Wildman–Crippen LogP) is 3.74. The second-order valence-electron chi connectivity index (χ2n) is 4.82. The van der Waals surface area contributed by atoms with Crippen molar-refractivity contribution in [3.05, 3.63) is 40.2 Å². The smallest absolute Gasteiger partial charge is 0.160 e. The van der Waals surface area contributed by atoms with Gasteiger partial charge in [0.15, 0.2) is 5.65 Å². The summed E-state index contributed by atoms with van der Waals surface area (Å²) in [4.78, 5) is 13.4. The van der Waals surface area contributed by atoms with E-state index in [1.165, 1.54) is 0 Å². The average Bonchev–Trinajstić information content (AvgIpc) is 3.02. The lowest BCUT2D eigenvalue weighted by molar-refractivity contribution is 0.657. The van der Waals surface area contributed by atoms with Gasteiger partial charge in [-0.05, 0) is 25.5 Å². The van der Waals surface area contributed by atoms with Crippen LogP contribution in [0.3, 0.4) is 0 Å². The number of aromatic nitrogens is 4. The number of hydrogen-bond acceptors (Lipinski definition) is 4. The molecule has 20 heavy (non-hydrogen) atoms. The highest BCUT2D eigenvalue weighted by Gasteiger charge is 2.16.